The molecule has 1 aliphatic rings. The second-order valence-electron chi connectivity index (χ2n) is 7.29. The number of H-pyrrole nitrogens is 1. The summed E-state index contributed by atoms with van der Waals surface area (Å²) in [5.74, 6) is -0.00501. The lowest BCUT2D eigenvalue weighted by Gasteiger charge is -2.28. The van der Waals surface area contributed by atoms with Gasteiger partial charge in [-0.3, -0.25) is 9.89 Å². The molecule has 5 heteroatoms. The van der Waals surface area contributed by atoms with Crippen LogP contribution in [0.2, 0.25) is 0 Å². The monoisotopic (exact) mass is 339 g/mol. The normalized spacial score (nSPS) is 15.7. The molecule has 0 atom stereocenters. The number of nitrogens with zero attached hydrogens (tertiary/aromatic N) is 2. The van der Waals surface area contributed by atoms with Gasteiger partial charge in [-0.15, -0.1) is 0 Å². The predicted octanol–water partition coefficient (Wildman–Crippen LogP) is 3.44. The van der Waals surface area contributed by atoms with Crippen LogP contribution >= 0.6 is 0 Å². The Bertz CT molecular complexity index is 748. The van der Waals surface area contributed by atoms with Crippen LogP contribution in [0.1, 0.15) is 42.4 Å². The first-order chi connectivity index (χ1) is 11.9. The van der Waals surface area contributed by atoms with Crippen molar-refractivity contribution in [2.75, 3.05) is 31.2 Å². The molecule has 0 amide bonds. The largest absolute Gasteiger partial charge is 0.378 e. The molecule has 0 unspecified atom stereocenters. The molecule has 2 aromatic rings. The molecule has 1 aromatic heterocycles. The number of allylic oxidation sites excluding steroid dienone is 1. The van der Waals surface area contributed by atoms with Crippen molar-refractivity contribution >= 4 is 17.5 Å². The fourth-order valence-corrected chi connectivity index (χ4v) is 2.94. The van der Waals surface area contributed by atoms with Crippen LogP contribution in [0.25, 0.3) is 6.08 Å². The molecule has 2 heterocycles. The average molecular weight is 339 g/mol. The Kier molecular flexibility index (Phi) is 5.04. The minimum atomic E-state index is -0.0426. The van der Waals surface area contributed by atoms with Crippen molar-refractivity contribution in [3.63, 3.8) is 0 Å². The van der Waals surface area contributed by atoms with E-state index in [0.29, 0.717) is 5.56 Å². The summed E-state index contributed by atoms with van der Waals surface area (Å²) in [4.78, 5) is 14.7. The highest BCUT2D eigenvalue weighted by Gasteiger charge is 2.19. The van der Waals surface area contributed by atoms with Crippen molar-refractivity contribution in [2.24, 2.45) is 0 Å². The highest BCUT2D eigenvalue weighted by Crippen LogP contribution is 2.24. The van der Waals surface area contributed by atoms with Gasteiger partial charge >= 0.3 is 0 Å². The summed E-state index contributed by atoms with van der Waals surface area (Å²) in [7, 11) is 0. The molecule has 1 fully saturated rings. The third-order valence-electron chi connectivity index (χ3n) is 4.36. The summed E-state index contributed by atoms with van der Waals surface area (Å²) < 4.78 is 5.37. The van der Waals surface area contributed by atoms with Crippen LogP contribution in [0.15, 0.2) is 36.5 Å². The number of carbonyl (C=O) groups is 1. The molecule has 0 saturated carbocycles. The van der Waals surface area contributed by atoms with Gasteiger partial charge in [0.05, 0.1) is 19.4 Å². The highest BCUT2D eigenvalue weighted by atomic mass is 16.5. The number of aromatic nitrogens is 2. The number of benzene rings is 1. The first-order valence-electron chi connectivity index (χ1n) is 8.64. The van der Waals surface area contributed by atoms with Gasteiger partial charge in [0.15, 0.2) is 5.78 Å². The minimum absolute atomic E-state index is 0.00501. The van der Waals surface area contributed by atoms with E-state index in [0.717, 1.165) is 43.2 Å². The Hall–Kier alpha value is -2.40. The van der Waals surface area contributed by atoms with Crippen LogP contribution in [-0.2, 0) is 10.2 Å². The van der Waals surface area contributed by atoms with Crippen molar-refractivity contribution in [3.05, 3.63) is 53.4 Å². The van der Waals surface area contributed by atoms with Crippen molar-refractivity contribution in [1.82, 2.24) is 10.2 Å². The quantitative estimate of drug-likeness (QED) is 0.685. The Balaban J connectivity index is 1.70. The summed E-state index contributed by atoms with van der Waals surface area (Å²) >= 11 is 0. The predicted molar refractivity (Wildman–Crippen MR) is 100 cm³/mol. The van der Waals surface area contributed by atoms with Gasteiger partial charge in [-0.2, -0.15) is 5.10 Å². The molecule has 0 spiro atoms. The van der Waals surface area contributed by atoms with Crippen molar-refractivity contribution in [3.8, 4) is 0 Å². The van der Waals surface area contributed by atoms with Gasteiger partial charge in [0.2, 0.25) is 0 Å². The molecule has 1 N–H and O–H groups in total. The number of ether oxygens (including phenoxy) is 1. The number of carbonyl (C=O) groups excluding carboxylic acids is 1. The molecular formula is C20H25N3O2. The SMILES string of the molecule is CC(C)(C)c1[nH]ncc1/C=C/C(=O)c1ccc(N2CCOCC2)cc1. The second kappa shape index (κ2) is 7.23. The van der Waals surface area contributed by atoms with Gasteiger partial charge in [0.25, 0.3) is 0 Å². The summed E-state index contributed by atoms with van der Waals surface area (Å²) in [6, 6.07) is 7.78. The first-order valence-corrected chi connectivity index (χ1v) is 8.64. The highest BCUT2D eigenvalue weighted by molar-refractivity contribution is 6.07. The maximum Gasteiger partial charge on any atom is 0.185 e. The van der Waals surface area contributed by atoms with Crippen LogP contribution in [0.5, 0.6) is 0 Å². The van der Waals surface area contributed by atoms with E-state index >= 15 is 0 Å². The standard InChI is InChI=1S/C20H25N3O2/c1-20(2,3)19-16(14-21-22-19)6-9-18(24)15-4-7-17(8-5-15)23-10-12-25-13-11-23/h4-9,14H,10-13H2,1-3H3,(H,21,22)/b9-6+. The maximum absolute atomic E-state index is 12.4. The second-order valence-corrected chi connectivity index (χ2v) is 7.29. The van der Waals surface area contributed by atoms with Crippen molar-refractivity contribution in [1.29, 1.82) is 0 Å². The molecule has 25 heavy (non-hydrogen) atoms. The summed E-state index contributed by atoms with van der Waals surface area (Å²) in [6.45, 7) is 9.64. The summed E-state index contributed by atoms with van der Waals surface area (Å²) in [6.07, 6.45) is 5.21. The lowest BCUT2D eigenvalue weighted by Crippen LogP contribution is -2.36. The smallest absolute Gasteiger partial charge is 0.185 e. The van der Waals surface area contributed by atoms with Gasteiger partial charge in [-0.05, 0) is 36.4 Å². The lowest BCUT2D eigenvalue weighted by molar-refractivity contribution is 0.104. The van der Waals surface area contributed by atoms with E-state index in [1.807, 2.05) is 30.3 Å². The fraction of sp³-hybridized carbons (Fsp3) is 0.400. The first kappa shape index (κ1) is 17.4. The third kappa shape index (κ3) is 4.17. The van der Waals surface area contributed by atoms with Crippen LogP contribution in [-0.4, -0.2) is 42.3 Å². The Morgan fingerprint density at radius 1 is 1.20 bits per heavy atom. The van der Waals surface area contributed by atoms with E-state index < -0.39 is 0 Å². The lowest BCUT2D eigenvalue weighted by atomic mass is 9.89. The molecule has 3 rings (SSSR count). The number of rotatable bonds is 4. The average Bonchev–Trinajstić information content (AvgIpc) is 3.10. The fourth-order valence-electron chi connectivity index (χ4n) is 2.94. The van der Waals surface area contributed by atoms with E-state index in [1.165, 1.54) is 0 Å². The van der Waals surface area contributed by atoms with Gasteiger partial charge in [0, 0.05) is 41.0 Å². The van der Waals surface area contributed by atoms with E-state index in [1.54, 1.807) is 12.3 Å². The zero-order valence-electron chi connectivity index (χ0n) is 15.1. The maximum atomic E-state index is 12.4. The van der Waals surface area contributed by atoms with Crippen molar-refractivity contribution < 1.29 is 9.53 Å². The Morgan fingerprint density at radius 2 is 1.88 bits per heavy atom. The molecule has 0 radical (unpaired) electrons. The van der Waals surface area contributed by atoms with Crippen LogP contribution in [0.4, 0.5) is 5.69 Å². The van der Waals surface area contributed by atoms with Crippen LogP contribution < -0.4 is 4.90 Å². The molecule has 132 valence electrons. The number of morpholine rings is 1. The zero-order valence-corrected chi connectivity index (χ0v) is 15.1. The Labute approximate surface area is 148 Å². The molecular weight excluding hydrogens is 314 g/mol. The minimum Gasteiger partial charge on any atom is -0.378 e. The van der Waals surface area contributed by atoms with Gasteiger partial charge in [-0.25, -0.2) is 0 Å². The van der Waals surface area contributed by atoms with Gasteiger partial charge in [0.1, 0.15) is 0 Å². The number of hydrogen-bond donors (Lipinski definition) is 1. The summed E-state index contributed by atoms with van der Waals surface area (Å²) in [5, 5.41) is 7.12. The Morgan fingerprint density at radius 3 is 2.52 bits per heavy atom. The van der Waals surface area contributed by atoms with E-state index in [2.05, 4.69) is 35.9 Å². The van der Waals surface area contributed by atoms with E-state index in [-0.39, 0.29) is 11.2 Å². The number of aromatic amines is 1. The third-order valence-corrected chi connectivity index (χ3v) is 4.36. The van der Waals surface area contributed by atoms with Gasteiger partial charge < -0.3 is 9.64 Å². The molecule has 0 bridgehead atoms. The van der Waals surface area contributed by atoms with Gasteiger partial charge in [-0.1, -0.05) is 20.8 Å². The molecule has 1 saturated heterocycles. The molecule has 1 aliphatic heterocycles. The van der Waals surface area contributed by atoms with Crippen molar-refractivity contribution in [2.45, 2.75) is 26.2 Å². The molecule has 0 aliphatic carbocycles. The number of ketones is 1. The number of nitrogens with one attached hydrogen (secondary N) is 1. The topological polar surface area (TPSA) is 58.2 Å². The van der Waals surface area contributed by atoms with Crippen LogP contribution in [0.3, 0.4) is 0 Å². The molecule has 1 aromatic carbocycles. The number of anilines is 1. The van der Waals surface area contributed by atoms with E-state index in [9.17, 15) is 4.79 Å². The molecule has 5 nitrogen and oxygen atoms in total. The van der Waals surface area contributed by atoms with E-state index in [4.69, 9.17) is 4.74 Å². The summed E-state index contributed by atoms with van der Waals surface area (Å²) in [5.41, 5.74) is 3.76. The number of hydrogen-bond acceptors (Lipinski definition) is 4. The zero-order chi connectivity index (χ0) is 17.9. The van der Waals surface area contributed by atoms with Crippen LogP contribution in [0, 0.1) is 0 Å².